The first-order valence-corrected chi connectivity index (χ1v) is 12.3. The summed E-state index contributed by atoms with van der Waals surface area (Å²) in [6, 6.07) is 14.7. The molecule has 1 aliphatic carbocycles. The topological polar surface area (TPSA) is 116 Å². The first-order valence-electron chi connectivity index (χ1n) is 10.9. The fourth-order valence-corrected chi connectivity index (χ4v) is 5.88. The number of carbonyl (C=O) groups is 1. The Morgan fingerprint density at radius 1 is 1.16 bits per heavy atom. The molecule has 0 radical (unpaired) electrons. The van der Waals surface area contributed by atoms with Crippen LogP contribution in [0.25, 0.3) is 11.1 Å². The Labute approximate surface area is 189 Å². The van der Waals surface area contributed by atoms with E-state index in [1.165, 1.54) is 4.31 Å². The van der Waals surface area contributed by atoms with Gasteiger partial charge >= 0.3 is 0 Å². The lowest BCUT2D eigenvalue weighted by Crippen LogP contribution is -2.57. The van der Waals surface area contributed by atoms with Crippen molar-refractivity contribution in [1.82, 2.24) is 9.62 Å². The van der Waals surface area contributed by atoms with Crippen molar-refractivity contribution in [3.63, 3.8) is 0 Å². The van der Waals surface area contributed by atoms with Crippen LogP contribution in [0.5, 0.6) is 0 Å². The Balaban J connectivity index is 1.44. The Hall–Kier alpha value is -2.73. The predicted octanol–water partition coefficient (Wildman–Crippen LogP) is 2.70. The Bertz CT molecular complexity index is 1160. The molecule has 3 N–H and O–H groups in total. The summed E-state index contributed by atoms with van der Waals surface area (Å²) in [5.74, 6) is -0.238. The highest BCUT2D eigenvalue weighted by Gasteiger charge is 2.36. The lowest BCUT2D eigenvalue weighted by molar-refractivity contribution is -0.127. The van der Waals surface area contributed by atoms with Gasteiger partial charge < -0.3 is 11.1 Å². The van der Waals surface area contributed by atoms with E-state index in [1.807, 2.05) is 36.4 Å². The average Bonchev–Trinajstić information content (AvgIpc) is 3.01. The monoisotopic (exact) mass is 452 g/mol. The second-order valence-electron chi connectivity index (χ2n) is 8.86. The molecule has 0 unspecified atom stereocenters. The molecule has 1 fully saturated rings. The Morgan fingerprint density at radius 2 is 1.81 bits per heavy atom. The van der Waals surface area contributed by atoms with Crippen LogP contribution in [-0.2, 0) is 27.8 Å². The van der Waals surface area contributed by atoms with Gasteiger partial charge in [-0.15, -0.1) is 0 Å². The van der Waals surface area contributed by atoms with Crippen LogP contribution in [0.15, 0.2) is 47.4 Å². The number of hydrogen-bond donors (Lipinski definition) is 2. The number of nitrogens with one attached hydrogen (secondary N) is 1. The van der Waals surface area contributed by atoms with Crippen LogP contribution in [0.2, 0.25) is 0 Å². The fraction of sp³-hybridized carbons (Fsp3) is 0.417. The zero-order valence-electron chi connectivity index (χ0n) is 18.2. The lowest BCUT2D eigenvalue weighted by atomic mass is 9.81. The van der Waals surface area contributed by atoms with Crippen molar-refractivity contribution in [3.8, 4) is 17.2 Å². The maximum Gasteiger partial charge on any atom is 0.243 e. The van der Waals surface area contributed by atoms with Gasteiger partial charge in [0.25, 0.3) is 0 Å². The highest BCUT2D eigenvalue weighted by Crippen LogP contribution is 2.32. The minimum absolute atomic E-state index is 0.238. The summed E-state index contributed by atoms with van der Waals surface area (Å²) in [7, 11) is -1.79. The van der Waals surface area contributed by atoms with E-state index in [9.17, 15) is 18.5 Å². The van der Waals surface area contributed by atoms with Crippen LogP contribution in [0.3, 0.4) is 0 Å². The van der Waals surface area contributed by atoms with Crippen LogP contribution in [0.4, 0.5) is 0 Å². The van der Waals surface area contributed by atoms with Gasteiger partial charge in [0.2, 0.25) is 15.9 Å². The molecule has 4 rings (SSSR count). The van der Waals surface area contributed by atoms with E-state index in [0.717, 1.165) is 41.5 Å². The van der Waals surface area contributed by atoms with Crippen molar-refractivity contribution in [3.05, 3.63) is 53.6 Å². The van der Waals surface area contributed by atoms with Crippen LogP contribution < -0.4 is 11.1 Å². The summed E-state index contributed by atoms with van der Waals surface area (Å²) in [4.78, 5) is 13.0. The van der Waals surface area contributed by atoms with E-state index in [0.29, 0.717) is 30.7 Å². The zero-order valence-corrected chi connectivity index (χ0v) is 19.0. The van der Waals surface area contributed by atoms with Crippen molar-refractivity contribution in [2.24, 2.45) is 5.73 Å². The van der Waals surface area contributed by atoms with Crippen molar-refractivity contribution in [1.29, 1.82) is 5.26 Å². The van der Waals surface area contributed by atoms with Gasteiger partial charge in [-0.05, 0) is 47.2 Å². The Morgan fingerprint density at radius 3 is 2.47 bits per heavy atom. The molecule has 7 nitrogen and oxygen atoms in total. The maximum atomic E-state index is 12.6. The second kappa shape index (κ2) is 8.66. The molecule has 0 spiro atoms. The predicted molar refractivity (Wildman–Crippen MR) is 122 cm³/mol. The van der Waals surface area contributed by atoms with E-state index < -0.39 is 21.6 Å². The number of rotatable bonds is 5. The number of carbonyl (C=O) groups excluding carboxylic acids is 1. The van der Waals surface area contributed by atoms with E-state index in [4.69, 9.17) is 5.73 Å². The van der Waals surface area contributed by atoms with Crippen molar-refractivity contribution in [2.45, 2.75) is 61.5 Å². The number of sulfonamides is 1. The first kappa shape index (κ1) is 22.5. The van der Waals surface area contributed by atoms with E-state index in [-0.39, 0.29) is 5.91 Å². The Kier molecular flexibility index (Phi) is 6.08. The lowest BCUT2D eigenvalue weighted by Gasteiger charge is -2.32. The van der Waals surface area contributed by atoms with Crippen molar-refractivity contribution >= 4 is 15.9 Å². The molecule has 168 valence electrons. The van der Waals surface area contributed by atoms with Crippen LogP contribution in [0, 0.1) is 11.3 Å². The molecule has 0 aromatic heterocycles. The molecule has 1 atom stereocenters. The molecule has 1 aliphatic heterocycles. The number of benzene rings is 2. The molecular formula is C24H28N4O3S. The molecule has 0 bridgehead atoms. The number of nitriles is 1. The van der Waals surface area contributed by atoms with E-state index in [1.54, 1.807) is 13.1 Å². The van der Waals surface area contributed by atoms with Gasteiger partial charge in [0.1, 0.15) is 6.04 Å². The highest BCUT2D eigenvalue weighted by atomic mass is 32.2. The van der Waals surface area contributed by atoms with Gasteiger partial charge in [-0.25, -0.2) is 8.42 Å². The number of nitrogens with zero attached hydrogens (tertiary/aromatic N) is 2. The molecule has 2 aromatic rings. The molecule has 1 amide bonds. The fourth-order valence-electron chi connectivity index (χ4n) is 4.54. The first-order chi connectivity index (χ1) is 15.2. The van der Waals surface area contributed by atoms with Gasteiger partial charge in [0.15, 0.2) is 0 Å². The summed E-state index contributed by atoms with van der Waals surface area (Å²) in [5.41, 5.74) is 9.04. The minimum atomic E-state index is -3.37. The standard InChI is InChI=1S/C24H28N4O3S/c1-28-16-20-14-19(9-10-22(20)32(28,30)31)18-7-5-17(6-8-18)13-21(15-25)27-23(29)24(26)11-3-2-4-12-24/h5-10,14,21H,2-4,11-13,16,26H2,1H3,(H,27,29)/t21-/m0/s1. The summed E-state index contributed by atoms with van der Waals surface area (Å²) in [6.45, 7) is 0.371. The number of nitrogens with two attached hydrogens (primary N) is 1. The second-order valence-corrected chi connectivity index (χ2v) is 10.9. The quantitative estimate of drug-likeness (QED) is 0.723. The van der Waals surface area contributed by atoms with Gasteiger partial charge in [0, 0.05) is 20.0 Å². The maximum absolute atomic E-state index is 12.6. The number of amides is 1. The highest BCUT2D eigenvalue weighted by molar-refractivity contribution is 7.89. The van der Waals surface area contributed by atoms with Crippen LogP contribution in [-0.4, -0.2) is 37.3 Å². The summed E-state index contributed by atoms with van der Waals surface area (Å²) >= 11 is 0. The molecule has 2 aliphatic rings. The average molecular weight is 453 g/mol. The SMILES string of the molecule is CN1Cc2cc(-c3ccc(C[C@@H](C#N)NC(=O)C4(N)CCCCC4)cc3)ccc2S1(=O)=O. The molecule has 1 saturated carbocycles. The number of hydrogen-bond acceptors (Lipinski definition) is 5. The zero-order chi connectivity index (χ0) is 22.9. The summed E-state index contributed by atoms with van der Waals surface area (Å²) < 4.78 is 25.9. The molecule has 1 heterocycles. The van der Waals surface area contributed by atoms with Crippen molar-refractivity contribution in [2.75, 3.05) is 7.05 Å². The summed E-state index contributed by atoms with van der Waals surface area (Å²) in [6.07, 6.45) is 4.68. The van der Waals surface area contributed by atoms with Gasteiger partial charge in [0.05, 0.1) is 16.5 Å². The van der Waals surface area contributed by atoms with E-state index >= 15 is 0 Å². The normalized spacial score (nSPS) is 20.2. The minimum Gasteiger partial charge on any atom is -0.338 e. The van der Waals surface area contributed by atoms with Gasteiger partial charge in [-0.1, -0.05) is 49.6 Å². The smallest absolute Gasteiger partial charge is 0.243 e. The summed E-state index contributed by atoms with van der Waals surface area (Å²) in [5, 5.41) is 12.4. The molecule has 0 saturated heterocycles. The molecule has 2 aromatic carbocycles. The van der Waals surface area contributed by atoms with E-state index in [2.05, 4.69) is 11.4 Å². The van der Waals surface area contributed by atoms with Crippen molar-refractivity contribution < 1.29 is 13.2 Å². The molecule has 32 heavy (non-hydrogen) atoms. The van der Waals surface area contributed by atoms with Crippen LogP contribution in [0.1, 0.15) is 43.2 Å². The largest absolute Gasteiger partial charge is 0.338 e. The number of fused-ring (bicyclic) bond motifs is 1. The third-order valence-corrected chi connectivity index (χ3v) is 8.43. The van der Waals surface area contributed by atoms with Gasteiger partial charge in [-0.3, -0.25) is 4.79 Å². The molecular weight excluding hydrogens is 424 g/mol. The third kappa shape index (κ3) is 4.29. The third-order valence-electron chi connectivity index (χ3n) is 6.53. The van der Waals surface area contributed by atoms with Gasteiger partial charge in [-0.2, -0.15) is 9.57 Å². The van der Waals surface area contributed by atoms with Crippen LogP contribution >= 0.6 is 0 Å². The molecule has 8 heteroatoms.